The van der Waals surface area contributed by atoms with Crippen molar-refractivity contribution >= 4 is 5.91 Å². The summed E-state index contributed by atoms with van der Waals surface area (Å²) in [6.45, 7) is -0.00740. The number of likely N-dealkylation sites (tertiary alicyclic amines) is 1. The van der Waals surface area contributed by atoms with Crippen molar-refractivity contribution in [2.24, 2.45) is 0 Å². The normalized spacial score (nSPS) is 22.2. The first-order valence-electron chi connectivity index (χ1n) is 6.35. The molecule has 104 valence electrons. The number of nitrogens with zero attached hydrogens (tertiary/aromatic N) is 3. The van der Waals surface area contributed by atoms with Crippen molar-refractivity contribution in [1.29, 1.82) is 0 Å². The van der Waals surface area contributed by atoms with E-state index in [1.54, 1.807) is 43.0 Å². The number of carbonyl (C=O) groups excluding carboxylic acids is 1. The van der Waals surface area contributed by atoms with Gasteiger partial charge in [0.05, 0.1) is 12.9 Å². The molecule has 3 rings (SSSR count). The van der Waals surface area contributed by atoms with Crippen LogP contribution < -0.4 is 0 Å². The molecule has 0 aliphatic carbocycles. The maximum absolute atomic E-state index is 13.2. The number of alkyl halides is 1. The summed E-state index contributed by atoms with van der Waals surface area (Å²) in [7, 11) is 0. The van der Waals surface area contributed by atoms with E-state index in [0.29, 0.717) is 5.56 Å². The van der Waals surface area contributed by atoms with Crippen LogP contribution in [0.15, 0.2) is 43.0 Å². The number of aliphatic hydroxyl groups excluding tert-OH is 1. The van der Waals surface area contributed by atoms with Gasteiger partial charge in [-0.15, -0.1) is 0 Å². The van der Waals surface area contributed by atoms with Crippen molar-refractivity contribution in [2.75, 3.05) is 13.1 Å². The van der Waals surface area contributed by atoms with Gasteiger partial charge >= 0.3 is 0 Å². The fourth-order valence-electron chi connectivity index (χ4n) is 2.28. The molecule has 1 aliphatic rings. The van der Waals surface area contributed by atoms with Crippen molar-refractivity contribution in [3.8, 4) is 5.69 Å². The Kier molecular flexibility index (Phi) is 3.23. The summed E-state index contributed by atoms with van der Waals surface area (Å²) < 4.78 is 15.1. The quantitative estimate of drug-likeness (QED) is 0.890. The summed E-state index contributed by atoms with van der Waals surface area (Å²) in [5.41, 5.74) is 1.37. The SMILES string of the molecule is O=C(c1ccc(-n2ccnc2)cc1)N1C[C@@H](O)[C@H](F)C1. The van der Waals surface area contributed by atoms with Gasteiger partial charge in [0.25, 0.3) is 5.91 Å². The molecule has 0 radical (unpaired) electrons. The van der Waals surface area contributed by atoms with Crippen molar-refractivity contribution in [2.45, 2.75) is 12.3 Å². The minimum atomic E-state index is -1.36. The van der Waals surface area contributed by atoms with E-state index in [-0.39, 0.29) is 19.0 Å². The van der Waals surface area contributed by atoms with E-state index >= 15 is 0 Å². The summed E-state index contributed by atoms with van der Waals surface area (Å²) >= 11 is 0. The van der Waals surface area contributed by atoms with Gasteiger partial charge in [-0.25, -0.2) is 9.37 Å². The number of aromatic nitrogens is 2. The van der Waals surface area contributed by atoms with Crippen LogP contribution in [0.5, 0.6) is 0 Å². The van der Waals surface area contributed by atoms with E-state index in [4.69, 9.17) is 0 Å². The molecule has 1 saturated heterocycles. The number of halogens is 1. The van der Waals surface area contributed by atoms with Gasteiger partial charge in [-0.1, -0.05) is 0 Å². The van der Waals surface area contributed by atoms with E-state index in [2.05, 4.69) is 4.98 Å². The maximum Gasteiger partial charge on any atom is 0.254 e. The molecule has 1 amide bonds. The Bertz CT molecular complexity index is 587. The highest BCUT2D eigenvalue weighted by atomic mass is 19.1. The van der Waals surface area contributed by atoms with Crippen molar-refractivity contribution in [1.82, 2.24) is 14.5 Å². The number of hydrogen-bond acceptors (Lipinski definition) is 3. The molecular formula is C14H14FN3O2. The Morgan fingerprint density at radius 1 is 1.30 bits per heavy atom. The summed E-state index contributed by atoms with van der Waals surface area (Å²) in [4.78, 5) is 17.5. The molecule has 20 heavy (non-hydrogen) atoms. The van der Waals surface area contributed by atoms with Crippen LogP contribution in [0, 0.1) is 0 Å². The molecule has 0 bridgehead atoms. The third-order valence-electron chi connectivity index (χ3n) is 3.42. The Hall–Kier alpha value is -2.21. The minimum absolute atomic E-state index is 0.0449. The van der Waals surface area contributed by atoms with Crippen molar-refractivity contribution < 1.29 is 14.3 Å². The van der Waals surface area contributed by atoms with Crippen molar-refractivity contribution in [3.63, 3.8) is 0 Å². The smallest absolute Gasteiger partial charge is 0.254 e. The van der Waals surface area contributed by atoms with Gasteiger partial charge in [-0.05, 0) is 24.3 Å². The molecule has 0 saturated carbocycles. The first-order chi connectivity index (χ1) is 9.65. The maximum atomic E-state index is 13.2. The molecular weight excluding hydrogens is 261 g/mol. The van der Waals surface area contributed by atoms with Crippen LogP contribution in [-0.4, -0.2) is 50.8 Å². The highest BCUT2D eigenvalue weighted by Crippen LogP contribution is 2.17. The lowest BCUT2D eigenvalue weighted by molar-refractivity contribution is 0.0764. The minimum Gasteiger partial charge on any atom is -0.388 e. The molecule has 0 unspecified atom stereocenters. The Labute approximate surface area is 115 Å². The van der Waals surface area contributed by atoms with Gasteiger partial charge in [0.15, 0.2) is 0 Å². The number of imidazole rings is 1. The lowest BCUT2D eigenvalue weighted by atomic mass is 10.2. The number of β-amino-alcohol motifs (C(OH)–C–C–N with tert-alkyl or cyclic N) is 1. The fraction of sp³-hybridized carbons (Fsp3) is 0.286. The van der Waals surface area contributed by atoms with Crippen LogP contribution in [0.3, 0.4) is 0 Å². The monoisotopic (exact) mass is 275 g/mol. The summed E-state index contributed by atoms with van der Waals surface area (Å²) in [6, 6.07) is 6.98. The first-order valence-corrected chi connectivity index (χ1v) is 6.35. The van der Waals surface area contributed by atoms with Gasteiger partial charge in [0.2, 0.25) is 0 Å². The largest absolute Gasteiger partial charge is 0.388 e. The summed E-state index contributed by atoms with van der Waals surface area (Å²) in [5, 5.41) is 9.35. The Balaban J connectivity index is 1.76. The molecule has 2 aromatic rings. The fourth-order valence-corrected chi connectivity index (χ4v) is 2.28. The van der Waals surface area contributed by atoms with Crippen LogP contribution in [0.2, 0.25) is 0 Å². The third-order valence-corrected chi connectivity index (χ3v) is 3.42. The second-order valence-corrected chi connectivity index (χ2v) is 4.81. The Morgan fingerprint density at radius 2 is 2.05 bits per heavy atom. The molecule has 1 fully saturated rings. The predicted molar refractivity (Wildman–Crippen MR) is 70.4 cm³/mol. The van der Waals surface area contributed by atoms with E-state index in [1.165, 1.54) is 4.90 Å². The third kappa shape index (κ3) is 2.30. The molecule has 1 aromatic carbocycles. The molecule has 1 N–H and O–H groups in total. The molecule has 2 heterocycles. The lowest BCUT2D eigenvalue weighted by Gasteiger charge is -2.15. The van der Waals surface area contributed by atoms with Crippen LogP contribution in [0.1, 0.15) is 10.4 Å². The first kappa shape index (κ1) is 12.8. The van der Waals surface area contributed by atoms with Crippen LogP contribution in [0.4, 0.5) is 4.39 Å². The zero-order valence-electron chi connectivity index (χ0n) is 10.7. The van der Waals surface area contributed by atoms with Gasteiger partial charge in [-0.2, -0.15) is 0 Å². The number of amides is 1. The summed E-state index contributed by atoms with van der Waals surface area (Å²) in [6.07, 6.45) is 2.71. The zero-order chi connectivity index (χ0) is 14.1. The molecule has 5 nitrogen and oxygen atoms in total. The molecule has 0 spiro atoms. The number of aliphatic hydroxyl groups is 1. The number of rotatable bonds is 2. The van der Waals surface area contributed by atoms with Gasteiger partial charge < -0.3 is 14.6 Å². The molecule has 1 aromatic heterocycles. The van der Waals surface area contributed by atoms with Gasteiger partial charge in [0.1, 0.15) is 12.3 Å². The molecule has 2 atom stereocenters. The molecule has 1 aliphatic heterocycles. The average molecular weight is 275 g/mol. The average Bonchev–Trinajstić information content (AvgIpc) is 3.09. The van der Waals surface area contributed by atoms with Crippen LogP contribution >= 0.6 is 0 Å². The van der Waals surface area contributed by atoms with Crippen LogP contribution in [-0.2, 0) is 0 Å². The highest BCUT2D eigenvalue weighted by molar-refractivity contribution is 5.94. The summed E-state index contributed by atoms with van der Waals surface area (Å²) in [5.74, 6) is -0.263. The Morgan fingerprint density at radius 3 is 2.60 bits per heavy atom. The zero-order valence-corrected chi connectivity index (χ0v) is 10.7. The number of hydrogen-bond donors (Lipinski definition) is 1. The number of benzene rings is 1. The topological polar surface area (TPSA) is 58.4 Å². The second kappa shape index (κ2) is 5.05. The lowest BCUT2D eigenvalue weighted by Crippen LogP contribution is -2.29. The van der Waals surface area contributed by atoms with Gasteiger partial charge in [0, 0.05) is 30.2 Å². The molecule has 6 heteroatoms. The predicted octanol–water partition coefficient (Wildman–Crippen LogP) is 1.03. The van der Waals surface area contributed by atoms with Gasteiger partial charge in [-0.3, -0.25) is 4.79 Å². The van der Waals surface area contributed by atoms with E-state index in [9.17, 15) is 14.3 Å². The van der Waals surface area contributed by atoms with E-state index in [0.717, 1.165) is 5.69 Å². The van der Waals surface area contributed by atoms with E-state index < -0.39 is 12.3 Å². The van der Waals surface area contributed by atoms with E-state index in [1.807, 2.05) is 4.57 Å². The number of carbonyl (C=O) groups is 1. The highest BCUT2D eigenvalue weighted by Gasteiger charge is 2.34. The van der Waals surface area contributed by atoms with Crippen molar-refractivity contribution in [3.05, 3.63) is 48.5 Å². The van der Waals surface area contributed by atoms with Crippen LogP contribution in [0.25, 0.3) is 5.69 Å². The second-order valence-electron chi connectivity index (χ2n) is 4.81. The standard InChI is InChI=1S/C14H14FN3O2/c15-12-7-18(8-13(12)19)14(20)10-1-3-11(4-2-10)17-6-5-16-9-17/h1-6,9,12-13,19H,7-8H2/t12-,13-/m1/s1.